The molecule has 1 aliphatic rings. The van der Waals surface area contributed by atoms with Crippen molar-refractivity contribution in [3.63, 3.8) is 0 Å². The zero-order valence-corrected chi connectivity index (χ0v) is 44.5. The van der Waals surface area contributed by atoms with E-state index in [1.165, 1.54) is 154 Å². The van der Waals surface area contributed by atoms with Crippen molar-refractivity contribution < 1.29 is 49.3 Å². The third kappa shape index (κ3) is 38.4. The van der Waals surface area contributed by atoms with E-state index in [2.05, 4.69) is 31.3 Å². The number of carbonyl (C=O) groups excluding carboxylic acids is 2. The van der Waals surface area contributed by atoms with Gasteiger partial charge in [-0.3, -0.25) is 9.59 Å². The van der Waals surface area contributed by atoms with Crippen LogP contribution in [0.1, 0.15) is 271 Å². The standard InChI is InChI=1S/C58H109NO10/c1-3-5-7-9-11-13-14-15-16-20-23-26-30-34-38-42-46-54(63)67-47-43-39-35-31-27-24-21-18-17-19-22-25-29-33-37-41-45-53(62)59-50(51(61)44-40-36-32-28-12-10-8-6-4-2)49-68-58-57(66)56(65)55(64)52(48-60)69-58/h17,19,40,44,50-52,55-58,60-61,64-66H,3-16,18,20-39,41-43,45-49H2,1-2H3,(H,59,62)/b19-17-,44-40+. The number of rotatable bonds is 50. The van der Waals surface area contributed by atoms with Crippen LogP contribution in [0.4, 0.5) is 0 Å². The smallest absolute Gasteiger partial charge is 0.305 e. The zero-order chi connectivity index (χ0) is 50.3. The molecule has 11 nitrogen and oxygen atoms in total. The maximum atomic E-state index is 13.0. The lowest BCUT2D eigenvalue weighted by Crippen LogP contribution is -2.60. The molecule has 1 amide bonds. The van der Waals surface area contributed by atoms with Crippen molar-refractivity contribution in [2.75, 3.05) is 19.8 Å². The molecule has 0 aromatic rings. The first-order valence-electron chi connectivity index (χ1n) is 29.1. The number of unbranched alkanes of at least 4 members (excludes halogenated alkanes) is 34. The van der Waals surface area contributed by atoms with Gasteiger partial charge in [-0.1, -0.05) is 224 Å². The van der Waals surface area contributed by atoms with Crippen molar-refractivity contribution in [1.82, 2.24) is 5.32 Å². The number of nitrogens with one attached hydrogen (secondary N) is 1. The highest BCUT2D eigenvalue weighted by Crippen LogP contribution is 2.23. The molecule has 7 unspecified atom stereocenters. The van der Waals surface area contributed by atoms with Crippen molar-refractivity contribution in [2.24, 2.45) is 0 Å². The lowest BCUT2D eigenvalue weighted by Gasteiger charge is -2.40. The first-order chi connectivity index (χ1) is 33.7. The highest BCUT2D eigenvalue weighted by molar-refractivity contribution is 5.76. The van der Waals surface area contributed by atoms with E-state index >= 15 is 0 Å². The number of hydrogen-bond donors (Lipinski definition) is 6. The summed E-state index contributed by atoms with van der Waals surface area (Å²) in [5.74, 6) is -0.218. The van der Waals surface area contributed by atoms with Gasteiger partial charge in [0, 0.05) is 12.8 Å². The first kappa shape index (κ1) is 65.2. The number of carbonyl (C=O) groups is 2. The van der Waals surface area contributed by atoms with Gasteiger partial charge in [-0.25, -0.2) is 0 Å². The quantitative estimate of drug-likeness (QED) is 0.0196. The molecule has 0 aromatic heterocycles. The Hall–Kier alpha value is -1.86. The molecule has 1 heterocycles. The Morgan fingerprint density at radius 1 is 0.522 bits per heavy atom. The predicted molar refractivity (Wildman–Crippen MR) is 283 cm³/mol. The highest BCUT2D eigenvalue weighted by atomic mass is 16.7. The molecule has 0 aromatic carbocycles. The molecule has 11 heteroatoms. The molecule has 69 heavy (non-hydrogen) atoms. The van der Waals surface area contributed by atoms with Gasteiger partial charge in [-0.05, 0) is 57.8 Å². The van der Waals surface area contributed by atoms with Crippen molar-refractivity contribution in [2.45, 2.75) is 314 Å². The Balaban J connectivity index is 2.05. The van der Waals surface area contributed by atoms with Gasteiger partial charge in [0.15, 0.2) is 6.29 Å². The van der Waals surface area contributed by atoms with Crippen LogP contribution in [0.5, 0.6) is 0 Å². The van der Waals surface area contributed by atoms with Gasteiger partial charge < -0.3 is 45.1 Å². The van der Waals surface area contributed by atoms with Gasteiger partial charge >= 0.3 is 5.97 Å². The van der Waals surface area contributed by atoms with Gasteiger partial charge in [0.25, 0.3) is 0 Å². The van der Waals surface area contributed by atoms with Crippen LogP contribution in [-0.4, -0.2) is 100 Å². The fourth-order valence-electron chi connectivity index (χ4n) is 9.13. The SMILES string of the molecule is CCCCCCCCC/C=C/C(O)C(COC1OC(CO)C(O)C(O)C1O)NC(=O)CCCCCCC/C=C\CCCCCCCCCOC(=O)CCCCCCCCCCCCCCCCCC. The number of allylic oxidation sites excluding steroid dienone is 3. The molecule has 0 spiro atoms. The van der Waals surface area contributed by atoms with E-state index < -0.39 is 49.5 Å². The first-order valence-corrected chi connectivity index (χ1v) is 29.1. The van der Waals surface area contributed by atoms with E-state index in [9.17, 15) is 35.1 Å². The van der Waals surface area contributed by atoms with Crippen molar-refractivity contribution in [3.05, 3.63) is 24.3 Å². The molecule has 6 N–H and O–H groups in total. The van der Waals surface area contributed by atoms with Gasteiger partial charge in [0.2, 0.25) is 5.91 Å². The van der Waals surface area contributed by atoms with E-state index in [-0.39, 0.29) is 18.5 Å². The zero-order valence-electron chi connectivity index (χ0n) is 44.5. The van der Waals surface area contributed by atoms with Crippen LogP contribution < -0.4 is 5.32 Å². The van der Waals surface area contributed by atoms with Gasteiger partial charge in [0.1, 0.15) is 24.4 Å². The second-order valence-corrected chi connectivity index (χ2v) is 20.3. The maximum Gasteiger partial charge on any atom is 0.305 e. The lowest BCUT2D eigenvalue weighted by atomic mass is 9.99. The Morgan fingerprint density at radius 3 is 1.39 bits per heavy atom. The number of aliphatic hydroxyl groups is 5. The van der Waals surface area contributed by atoms with Crippen LogP contribution >= 0.6 is 0 Å². The minimum Gasteiger partial charge on any atom is -0.466 e. The summed E-state index contributed by atoms with van der Waals surface area (Å²) < 4.78 is 16.7. The lowest BCUT2D eigenvalue weighted by molar-refractivity contribution is -0.302. The minimum absolute atomic E-state index is 0.0176. The van der Waals surface area contributed by atoms with Crippen LogP contribution in [0, 0.1) is 0 Å². The summed E-state index contributed by atoms with van der Waals surface area (Å²) in [4.78, 5) is 25.1. The minimum atomic E-state index is -1.58. The summed E-state index contributed by atoms with van der Waals surface area (Å²) in [5.41, 5.74) is 0. The van der Waals surface area contributed by atoms with Crippen molar-refractivity contribution in [3.8, 4) is 0 Å². The van der Waals surface area contributed by atoms with Crippen LogP contribution in [0.3, 0.4) is 0 Å². The summed E-state index contributed by atoms with van der Waals surface area (Å²) in [6.45, 7) is 4.28. The van der Waals surface area contributed by atoms with Gasteiger partial charge in [-0.15, -0.1) is 0 Å². The van der Waals surface area contributed by atoms with E-state index in [1.807, 2.05) is 6.08 Å². The monoisotopic (exact) mass is 980 g/mol. The predicted octanol–water partition coefficient (Wildman–Crippen LogP) is 12.9. The normalized spacial score (nSPS) is 19.4. The van der Waals surface area contributed by atoms with Crippen LogP contribution in [0.15, 0.2) is 24.3 Å². The molecule has 0 aliphatic carbocycles. The van der Waals surface area contributed by atoms with Crippen LogP contribution in [0.2, 0.25) is 0 Å². The summed E-state index contributed by atoms with van der Waals surface area (Å²) in [5, 5.41) is 54.1. The summed E-state index contributed by atoms with van der Waals surface area (Å²) in [7, 11) is 0. The van der Waals surface area contributed by atoms with E-state index in [4.69, 9.17) is 14.2 Å². The molecule has 0 bridgehead atoms. The highest BCUT2D eigenvalue weighted by Gasteiger charge is 2.44. The third-order valence-electron chi connectivity index (χ3n) is 13.8. The Labute approximate surface area is 422 Å². The van der Waals surface area contributed by atoms with Gasteiger partial charge in [-0.2, -0.15) is 0 Å². The fraction of sp³-hybridized carbons (Fsp3) is 0.897. The van der Waals surface area contributed by atoms with Gasteiger partial charge in [0.05, 0.1) is 32.0 Å². The van der Waals surface area contributed by atoms with E-state index in [0.29, 0.717) is 19.4 Å². The second-order valence-electron chi connectivity index (χ2n) is 20.3. The largest absolute Gasteiger partial charge is 0.466 e. The molecule has 7 atom stereocenters. The molecule has 0 saturated carbocycles. The molecule has 1 aliphatic heterocycles. The van der Waals surface area contributed by atoms with E-state index in [1.54, 1.807) is 6.08 Å². The molecule has 406 valence electrons. The molecule has 0 radical (unpaired) electrons. The molecular weight excluding hydrogens is 871 g/mol. The summed E-state index contributed by atoms with van der Waals surface area (Å²) in [6.07, 6.45) is 47.1. The topological polar surface area (TPSA) is 175 Å². The van der Waals surface area contributed by atoms with Crippen LogP contribution in [0.25, 0.3) is 0 Å². The third-order valence-corrected chi connectivity index (χ3v) is 13.8. The number of aliphatic hydroxyl groups excluding tert-OH is 5. The Kier molecular flexibility index (Phi) is 45.7. The molecule has 1 saturated heterocycles. The molecular formula is C58H109NO10. The van der Waals surface area contributed by atoms with Crippen molar-refractivity contribution >= 4 is 11.9 Å². The summed E-state index contributed by atoms with van der Waals surface area (Å²) >= 11 is 0. The maximum absolute atomic E-state index is 13.0. The number of hydrogen-bond acceptors (Lipinski definition) is 10. The van der Waals surface area contributed by atoms with E-state index in [0.717, 1.165) is 89.9 Å². The average Bonchev–Trinajstić information content (AvgIpc) is 3.34. The number of amides is 1. The molecule has 1 rings (SSSR count). The summed E-state index contributed by atoms with van der Waals surface area (Å²) in [6, 6.07) is -0.820. The second kappa shape index (κ2) is 48.4. The number of ether oxygens (including phenoxy) is 3. The molecule has 1 fully saturated rings. The Bertz CT molecular complexity index is 1200. The van der Waals surface area contributed by atoms with Crippen LogP contribution in [-0.2, 0) is 23.8 Å². The Morgan fingerprint density at radius 2 is 0.928 bits per heavy atom. The number of esters is 1. The average molecular weight is 981 g/mol. The van der Waals surface area contributed by atoms with Crippen molar-refractivity contribution in [1.29, 1.82) is 0 Å². The fourth-order valence-corrected chi connectivity index (χ4v) is 9.13.